The van der Waals surface area contributed by atoms with Crippen LogP contribution in [-0.2, 0) is 11.2 Å². The van der Waals surface area contributed by atoms with Crippen LogP contribution in [0, 0.1) is 6.92 Å². The van der Waals surface area contributed by atoms with Gasteiger partial charge in [-0.05, 0) is 42.8 Å². The molecule has 1 aliphatic rings. The van der Waals surface area contributed by atoms with Gasteiger partial charge < -0.3 is 19.3 Å². The lowest BCUT2D eigenvalue weighted by Gasteiger charge is -2.36. The van der Waals surface area contributed by atoms with E-state index < -0.39 is 0 Å². The zero-order valence-electron chi connectivity index (χ0n) is 19.7. The predicted octanol–water partition coefficient (Wildman–Crippen LogP) is 4.28. The van der Waals surface area contributed by atoms with Crippen LogP contribution in [-0.4, -0.2) is 60.6 Å². The van der Waals surface area contributed by atoms with Gasteiger partial charge in [-0.25, -0.2) is 4.98 Å². The van der Waals surface area contributed by atoms with Gasteiger partial charge in [0.25, 0.3) is 0 Å². The molecule has 1 saturated heterocycles. The van der Waals surface area contributed by atoms with E-state index in [1.807, 2.05) is 39.1 Å². The molecule has 176 valence electrons. The molecule has 0 unspecified atom stereocenters. The lowest BCUT2D eigenvalue weighted by atomic mass is 10.1. The number of rotatable bonds is 6. The van der Waals surface area contributed by atoms with E-state index in [4.69, 9.17) is 14.5 Å². The van der Waals surface area contributed by atoms with E-state index >= 15 is 0 Å². The average Bonchev–Trinajstić information content (AvgIpc) is 3.45. The Morgan fingerprint density at radius 3 is 2.62 bits per heavy atom. The van der Waals surface area contributed by atoms with Gasteiger partial charge in [-0.3, -0.25) is 9.20 Å². The predicted molar refractivity (Wildman–Crippen MR) is 135 cm³/mol. The van der Waals surface area contributed by atoms with Crippen molar-refractivity contribution in [2.75, 3.05) is 45.3 Å². The number of nitrogens with zero attached hydrogens (tertiary/aromatic N) is 4. The number of hydrogen-bond donors (Lipinski definition) is 0. The fourth-order valence-electron chi connectivity index (χ4n) is 4.41. The standard InChI is InChI=1S/C26H28N4O3S/c1-18-5-4-6-19(13-18)28-9-11-29(12-10-28)25(31)14-20-17-34-26-27-23(16-30(20)26)22-15-21(32-2)7-8-24(22)33-3/h4-8,13,15-17H,9-12,14H2,1-3H3. The van der Waals surface area contributed by atoms with E-state index in [-0.39, 0.29) is 5.91 Å². The van der Waals surface area contributed by atoms with Gasteiger partial charge in [-0.1, -0.05) is 12.1 Å². The molecule has 8 heteroatoms. The molecule has 0 saturated carbocycles. The minimum absolute atomic E-state index is 0.151. The number of imidazole rings is 1. The third kappa shape index (κ3) is 4.33. The number of amides is 1. The van der Waals surface area contributed by atoms with Gasteiger partial charge in [-0.2, -0.15) is 0 Å². The molecule has 0 radical (unpaired) electrons. The molecule has 0 spiro atoms. The normalized spacial score (nSPS) is 14.0. The second-order valence-electron chi connectivity index (χ2n) is 8.46. The van der Waals surface area contributed by atoms with Crippen LogP contribution in [0.25, 0.3) is 16.2 Å². The van der Waals surface area contributed by atoms with Crippen molar-refractivity contribution in [1.29, 1.82) is 0 Å². The molecule has 1 aliphatic heterocycles. The van der Waals surface area contributed by atoms with E-state index in [0.29, 0.717) is 6.42 Å². The molecule has 0 N–H and O–H groups in total. The molecule has 0 bridgehead atoms. The summed E-state index contributed by atoms with van der Waals surface area (Å²) in [6, 6.07) is 14.2. The Morgan fingerprint density at radius 1 is 1.06 bits per heavy atom. The Labute approximate surface area is 203 Å². The van der Waals surface area contributed by atoms with Gasteiger partial charge in [0.1, 0.15) is 11.5 Å². The van der Waals surface area contributed by atoms with Gasteiger partial charge in [0.05, 0.1) is 26.3 Å². The molecule has 1 amide bonds. The maximum Gasteiger partial charge on any atom is 0.228 e. The lowest BCUT2D eigenvalue weighted by Crippen LogP contribution is -2.49. The van der Waals surface area contributed by atoms with Crippen molar-refractivity contribution >= 4 is 27.9 Å². The van der Waals surface area contributed by atoms with Crippen LogP contribution in [0.1, 0.15) is 11.3 Å². The molecular weight excluding hydrogens is 448 g/mol. The molecule has 1 fully saturated rings. The number of benzene rings is 2. The van der Waals surface area contributed by atoms with Crippen LogP contribution >= 0.6 is 11.3 Å². The SMILES string of the molecule is COc1ccc(OC)c(-c2cn3c(CC(=O)N4CCN(c5cccc(C)c5)CC4)csc3n2)c1. The van der Waals surface area contributed by atoms with Gasteiger partial charge >= 0.3 is 0 Å². The average molecular weight is 477 g/mol. The van der Waals surface area contributed by atoms with E-state index in [2.05, 4.69) is 36.1 Å². The first-order chi connectivity index (χ1) is 16.6. The van der Waals surface area contributed by atoms with Crippen LogP contribution in [0.5, 0.6) is 11.5 Å². The van der Waals surface area contributed by atoms with Crippen LogP contribution in [0.2, 0.25) is 0 Å². The van der Waals surface area contributed by atoms with Crippen LogP contribution < -0.4 is 14.4 Å². The number of fused-ring (bicyclic) bond motifs is 1. The van der Waals surface area contributed by atoms with Crippen molar-refractivity contribution in [1.82, 2.24) is 14.3 Å². The zero-order chi connectivity index (χ0) is 23.7. The third-order valence-electron chi connectivity index (χ3n) is 6.30. The number of aryl methyl sites for hydroxylation is 1. The lowest BCUT2D eigenvalue weighted by molar-refractivity contribution is -0.130. The van der Waals surface area contributed by atoms with Gasteiger partial charge in [0.2, 0.25) is 5.91 Å². The quantitative estimate of drug-likeness (QED) is 0.416. The first-order valence-electron chi connectivity index (χ1n) is 11.3. The highest BCUT2D eigenvalue weighted by atomic mass is 32.1. The van der Waals surface area contributed by atoms with Crippen LogP contribution in [0.15, 0.2) is 54.0 Å². The largest absolute Gasteiger partial charge is 0.497 e. The molecule has 0 atom stereocenters. The highest BCUT2D eigenvalue weighted by molar-refractivity contribution is 7.15. The summed E-state index contributed by atoms with van der Waals surface area (Å²) in [5.41, 5.74) is 5.09. The minimum Gasteiger partial charge on any atom is -0.497 e. The second kappa shape index (κ2) is 9.38. The molecule has 4 aromatic rings. The maximum absolute atomic E-state index is 13.1. The molecule has 2 aromatic heterocycles. The summed E-state index contributed by atoms with van der Waals surface area (Å²) in [5.74, 6) is 1.63. The molecule has 34 heavy (non-hydrogen) atoms. The summed E-state index contributed by atoms with van der Waals surface area (Å²) in [7, 11) is 3.29. The van der Waals surface area contributed by atoms with E-state index in [0.717, 1.165) is 59.6 Å². The fraction of sp³-hybridized carbons (Fsp3) is 0.308. The summed E-state index contributed by atoms with van der Waals surface area (Å²) < 4.78 is 12.9. The van der Waals surface area contributed by atoms with Crippen molar-refractivity contribution in [3.05, 3.63) is 65.3 Å². The highest BCUT2D eigenvalue weighted by Gasteiger charge is 2.23. The van der Waals surface area contributed by atoms with E-state index in [9.17, 15) is 4.79 Å². The number of hydrogen-bond acceptors (Lipinski definition) is 6. The van der Waals surface area contributed by atoms with Crippen molar-refractivity contribution in [3.63, 3.8) is 0 Å². The monoisotopic (exact) mass is 476 g/mol. The molecule has 2 aromatic carbocycles. The van der Waals surface area contributed by atoms with Crippen LogP contribution in [0.4, 0.5) is 5.69 Å². The van der Waals surface area contributed by atoms with Crippen molar-refractivity contribution in [3.8, 4) is 22.8 Å². The summed E-state index contributed by atoms with van der Waals surface area (Å²) in [4.78, 5) is 23.1. The Kier molecular flexibility index (Phi) is 6.15. The zero-order valence-corrected chi connectivity index (χ0v) is 20.5. The summed E-state index contributed by atoms with van der Waals surface area (Å²) in [6.07, 6.45) is 2.33. The summed E-state index contributed by atoms with van der Waals surface area (Å²) in [5, 5.41) is 2.02. The Morgan fingerprint density at radius 2 is 1.88 bits per heavy atom. The minimum atomic E-state index is 0.151. The first-order valence-corrected chi connectivity index (χ1v) is 12.2. The number of ether oxygens (including phenoxy) is 2. The fourth-order valence-corrected chi connectivity index (χ4v) is 5.28. The number of thiazole rings is 1. The van der Waals surface area contributed by atoms with Gasteiger partial charge in [0, 0.05) is 54.7 Å². The molecular formula is C26H28N4O3S. The van der Waals surface area contributed by atoms with Crippen molar-refractivity contribution < 1.29 is 14.3 Å². The van der Waals surface area contributed by atoms with Crippen molar-refractivity contribution in [2.24, 2.45) is 0 Å². The molecule has 3 heterocycles. The first kappa shape index (κ1) is 22.3. The van der Waals surface area contributed by atoms with Gasteiger partial charge in [0.15, 0.2) is 4.96 Å². The van der Waals surface area contributed by atoms with E-state index in [1.165, 1.54) is 11.3 Å². The summed E-state index contributed by atoms with van der Waals surface area (Å²) in [6.45, 7) is 5.27. The number of aromatic nitrogens is 2. The second-order valence-corrected chi connectivity index (χ2v) is 9.29. The third-order valence-corrected chi connectivity index (χ3v) is 7.19. The van der Waals surface area contributed by atoms with Crippen molar-refractivity contribution in [2.45, 2.75) is 13.3 Å². The number of carbonyl (C=O) groups is 1. The topological polar surface area (TPSA) is 59.3 Å². The Hall–Kier alpha value is -3.52. The number of anilines is 1. The number of piperazine rings is 1. The highest BCUT2D eigenvalue weighted by Crippen LogP contribution is 2.34. The van der Waals surface area contributed by atoms with E-state index in [1.54, 1.807) is 25.6 Å². The smallest absolute Gasteiger partial charge is 0.228 e. The summed E-state index contributed by atoms with van der Waals surface area (Å²) >= 11 is 1.54. The van der Waals surface area contributed by atoms with Crippen LogP contribution in [0.3, 0.4) is 0 Å². The number of carbonyl (C=O) groups excluding carboxylic acids is 1. The number of methoxy groups -OCH3 is 2. The molecule has 5 rings (SSSR count). The molecule has 0 aliphatic carbocycles. The van der Waals surface area contributed by atoms with Gasteiger partial charge in [-0.15, -0.1) is 11.3 Å². The Bertz CT molecular complexity index is 1320. The maximum atomic E-state index is 13.1. The Balaban J connectivity index is 1.30. The molecule has 7 nitrogen and oxygen atoms in total.